The molecule has 1 atom stereocenters. The van der Waals surface area contributed by atoms with Crippen molar-refractivity contribution in [3.63, 3.8) is 0 Å². The van der Waals surface area contributed by atoms with Gasteiger partial charge in [-0.15, -0.1) is 0 Å². The van der Waals surface area contributed by atoms with Crippen LogP contribution in [0.3, 0.4) is 0 Å². The summed E-state index contributed by atoms with van der Waals surface area (Å²) in [5, 5.41) is 2.38. The van der Waals surface area contributed by atoms with Crippen LogP contribution in [-0.4, -0.2) is 16.1 Å². The first-order valence-corrected chi connectivity index (χ1v) is 9.62. The summed E-state index contributed by atoms with van der Waals surface area (Å²) in [6.07, 6.45) is -3.49. The monoisotopic (exact) mass is 406 g/mol. The van der Waals surface area contributed by atoms with Crippen molar-refractivity contribution >= 4 is 23.8 Å². The molecule has 28 heavy (non-hydrogen) atoms. The molecule has 2 heterocycles. The lowest BCUT2D eigenvalue weighted by Crippen LogP contribution is -2.39. The molecule has 1 unspecified atom stereocenters. The maximum atomic E-state index is 12.7. The number of fused-ring (bicyclic) bond motifs is 1. The summed E-state index contributed by atoms with van der Waals surface area (Å²) in [6.45, 7) is 1.32. The minimum absolute atomic E-state index is 0.235. The number of carbonyl (C=O) groups excluding carboxylic acids is 2. The molecule has 0 aliphatic carbocycles. The molecule has 2 amide bonds. The van der Waals surface area contributed by atoms with Crippen LogP contribution in [0.5, 0.6) is 0 Å². The summed E-state index contributed by atoms with van der Waals surface area (Å²) in [4.78, 5) is 24.2. The number of imide groups is 1. The quantitative estimate of drug-likeness (QED) is 0.612. The molecule has 2 aliphatic heterocycles. The Hall–Kier alpha value is -2.32. The molecule has 4 rings (SSSR count). The SMILES string of the molecule is O=C1CCC(c2ccc3c(c2)CN(Sc2ccc(C(F)(F)F)cc2)C3)C(=O)N1. The average molecular weight is 406 g/mol. The van der Waals surface area contributed by atoms with E-state index in [1.165, 1.54) is 24.1 Å². The Morgan fingerprint density at radius 3 is 2.39 bits per heavy atom. The standard InChI is InChI=1S/C20H17F3N2O2S/c21-20(22,23)15-3-5-16(6-4-15)28-25-10-13-2-1-12(9-14(13)11-25)17-7-8-18(26)24-19(17)27/h1-6,9,17H,7-8,10-11H2,(H,24,26,27). The van der Waals surface area contributed by atoms with Gasteiger partial charge in [-0.3, -0.25) is 14.9 Å². The van der Waals surface area contributed by atoms with Crippen LogP contribution < -0.4 is 5.32 Å². The molecule has 0 saturated carbocycles. The maximum absolute atomic E-state index is 12.7. The number of hydrogen-bond acceptors (Lipinski definition) is 4. The Morgan fingerprint density at radius 2 is 1.71 bits per heavy atom. The molecular weight excluding hydrogens is 389 g/mol. The first-order valence-electron chi connectivity index (χ1n) is 8.85. The van der Waals surface area contributed by atoms with E-state index < -0.39 is 11.7 Å². The summed E-state index contributed by atoms with van der Waals surface area (Å²) < 4.78 is 40.1. The first kappa shape index (κ1) is 19.0. The lowest BCUT2D eigenvalue weighted by atomic mass is 9.89. The van der Waals surface area contributed by atoms with E-state index in [2.05, 4.69) is 9.62 Å². The Kier molecular flexibility index (Phi) is 4.93. The molecule has 2 aromatic rings. The van der Waals surface area contributed by atoms with Crippen LogP contribution in [0.25, 0.3) is 0 Å². The van der Waals surface area contributed by atoms with Crippen molar-refractivity contribution in [2.45, 2.75) is 42.9 Å². The van der Waals surface area contributed by atoms with E-state index in [0.717, 1.165) is 33.7 Å². The first-order chi connectivity index (χ1) is 13.3. The van der Waals surface area contributed by atoms with Crippen LogP contribution in [0, 0.1) is 0 Å². The smallest absolute Gasteiger partial charge is 0.296 e. The molecule has 0 spiro atoms. The van der Waals surface area contributed by atoms with Crippen LogP contribution in [0.4, 0.5) is 13.2 Å². The minimum Gasteiger partial charge on any atom is -0.296 e. The van der Waals surface area contributed by atoms with E-state index in [1.54, 1.807) is 0 Å². The molecular formula is C20H17F3N2O2S. The molecule has 0 radical (unpaired) electrons. The highest BCUT2D eigenvalue weighted by Gasteiger charge is 2.31. The van der Waals surface area contributed by atoms with Gasteiger partial charge in [0.15, 0.2) is 0 Å². The number of piperidine rings is 1. The number of halogens is 3. The van der Waals surface area contributed by atoms with Crippen LogP contribution >= 0.6 is 11.9 Å². The van der Waals surface area contributed by atoms with Crippen LogP contribution in [0.1, 0.15) is 41.0 Å². The van der Waals surface area contributed by atoms with E-state index in [0.29, 0.717) is 25.9 Å². The van der Waals surface area contributed by atoms with Gasteiger partial charge in [0, 0.05) is 24.4 Å². The van der Waals surface area contributed by atoms with Crippen molar-refractivity contribution in [2.75, 3.05) is 0 Å². The fourth-order valence-electron chi connectivity index (χ4n) is 3.53. The highest BCUT2D eigenvalue weighted by atomic mass is 32.2. The minimum atomic E-state index is -4.33. The third-order valence-corrected chi connectivity index (χ3v) is 5.98. The third kappa shape index (κ3) is 3.93. The van der Waals surface area contributed by atoms with Gasteiger partial charge in [0.2, 0.25) is 11.8 Å². The molecule has 1 fully saturated rings. The van der Waals surface area contributed by atoms with E-state index >= 15 is 0 Å². The van der Waals surface area contributed by atoms with Crippen molar-refractivity contribution in [1.29, 1.82) is 0 Å². The van der Waals surface area contributed by atoms with Crippen molar-refractivity contribution in [1.82, 2.24) is 9.62 Å². The lowest BCUT2D eigenvalue weighted by molar-refractivity contribution is -0.138. The van der Waals surface area contributed by atoms with Crippen LogP contribution in [0.2, 0.25) is 0 Å². The van der Waals surface area contributed by atoms with Crippen LogP contribution in [0.15, 0.2) is 47.4 Å². The Morgan fingerprint density at radius 1 is 1.00 bits per heavy atom. The Labute approximate surface area is 164 Å². The molecule has 0 aromatic heterocycles. The predicted octanol–water partition coefficient (Wildman–Crippen LogP) is 4.25. The van der Waals surface area contributed by atoms with E-state index in [1.807, 2.05) is 18.2 Å². The second-order valence-electron chi connectivity index (χ2n) is 6.94. The topological polar surface area (TPSA) is 49.4 Å². The van der Waals surface area contributed by atoms with Gasteiger partial charge in [-0.2, -0.15) is 13.2 Å². The van der Waals surface area contributed by atoms with Gasteiger partial charge in [0.05, 0.1) is 11.5 Å². The average Bonchev–Trinajstić information content (AvgIpc) is 3.02. The zero-order chi connectivity index (χ0) is 19.9. The number of alkyl halides is 3. The highest BCUT2D eigenvalue weighted by Crippen LogP contribution is 2.36. The number of amides is 2. The van der Waals surface area contributed by atoms with Crippen molar-refractivity contribution < 1.29 is 22.8 Å². The van der Waals surface area contributed by atoms with Gasteiger partial charge in [0.25, 0.3) is 0 Å². The molecule has 8 heteroatoms. The van der Waals surface area contributed by atoms with Gasteiger partial charge < -0.3 is 0 Å². The highest BCUT2D eigenvalue weighted by molar-refractivity contribution is 7.97. The zero-order valence-electron chi connectivity index (χ0n) is 14.8. The largest absolute Gasteiger partial charge is 0.416 e. The molecule has 2 aliphatic rings. The third-order valence-electron chi connectivity index (χ3n) is 4.98. The summed E-state index contributed by atoms with van der Waals surface area (Å²) in [7, 11) is 0. The summed E-state index contributed by atoms with van der Waals surface area (Å²) in [6, 6.07) is 11.0. The zero-order valence-corrected chi connectivity index (χ0v) is 15.6. The van der Waals surface area contributed by atoms with Gasteiger partial charge in [-0.05, 0) is 59.3 Å². The number of nitrogens with zero attached hydrogens (tertiary/aromatic N) is 1. The van der Waals surface area contributed by atoms with Crippen molar-refractivity contribution in [3.8, 4) is 0 Å². The number of benzene rings is 2. The number of hydrogen-bond donors (Lipinski definition) is 1. The number of carbonyl (C=O) groups is 2. The predicted molar refractivity (Wildman–Crippen MR) is 98.1 cm³/mol. The second kappa shape index (κ2) is 7.25. The van der Waals surface area contributed by atoms with Gasteiger partial charge in [0.1, 0.15) is 0 Å². The summed E-state index contributed by atoms with van der Waals surface area (Å²) >= 11 is 1.41. The molecule has 1 saturated heterocycles. The molecule has 146 valence electrons. The Balaban J connectivity index is 1.44. The van der Waals surface area contributed by atoms with Crippen LogP contribution in [-0.2, 0) is 28.9 Å². The van der Waals surface area contributed by atoms with Gasteiger partial charge >= 0.3 is 6.18 Å². The molecule has 4 nitrogen and oxygen atoms in total. The van der Waals surface area contributed by atoms with Crippen molar-refractivity contribution in [2.24, 2.45) is 0 Å². The number of nitrogens with one attached hydrogen (secondary N) is 1. The van der Waals surface area contributed by atoms with E-state index in [-0.39, 0.29) is 17.7 Å². The Bertz CT molecular complexity index is 928. The van der Waals surface area contributed by atoms with E-state index in [9.17, 15) is 22.8 Å². The fourth-order valence-corrected chi connectivity index (χ4v) is 4.49. The normalized spacial score (nSPS) is 20.2. The van der Waals surface area contributed by atoms with Crippen molar-refractivity contribution in [3.05, 3.63) is 64.7 Å². The van der Waals surface area contributed by atoms with Gasteiger partial charge in [-0.25, -0.2) is 4.31 Å². The molecule has 1 N–H and O–H groups in total. The molecule has 2 aromatic carbocycles. The maximum Gasteiger partial charge on any atom is 0.416 e. The summed E-state index contributed by atoms with van der Waals surface area (Å²) in [5.74, 6) is -0.814. The van der Waals surface area contributed by atoms with Gasteiger partial charge in [-0.1, -0.05) is 18.2 Å². The molecule has 0 bridgehead atoms. The lowest BCUT2D eigenvalue weighted by Gasteiger charge is -2.21. The second-order valence-corrected chi connectivity index (χ2v) is 8.11. The summed E-state index contributed by atoms with van der Waals surface area (Å²) in [5.41, 5.74) is 2.47. The number of rotatable bonds is 3. The fraction of sp³-hybridized carbons (Fsp3) is 0.300. The van der Waals surface area contributed by atoms with E-state index in [4.69, 9.17) is 0 Å².